The molecule has 0 amide bonds. The Morgan fingerprint density at radius 1 is 0.793 bits per heavy atom. The lowest BCUT2D eigenvalue weighted by atomic mass is 10.0. The topological polar surface area (TPSA) is 40.7 Å². The van der Waals surface area contributed by atoms with Gasteiger partial charge in [0.15, 0.2) is 34.9 Å². The van der Waals surface area contributed by atoms with Crippen molar-refractivity contribution in [3.05, 3.63) is 76.3 Å². The highest BCUT2D eigenvalue weighted by Crippen LogP contribution is 2.38. The zero-order valence-corrected chi connectivity index (χ0v) is 14.8. The number of H-pyrrole nitrogens is 1. The van der Waals surface area contributed by atoms with Crippen LogP contribution in [-0.2, 0) is 0 Å². The molecular weight excluding hydrogens is 420 g/mol. The lowest BCUT2D eigenvalue weighted by Gasteiger charge is -2.10. The van der Waals surface area contributed by atoms with Crippen LogP contribution >= 0.6 is 11.6 Å². The van der Waals surface area contributed by atoms with Gasteiger partial charge in [-0.3, -0.25) is 5.10 Å². The average molecular weight is 428 g/mol. The van der Waals surface area contributed by atoms with Crippen LogP contribution in [0.2, 0.25) is 5.02 Å². The minimum absolute atomic E-state index is 0.00491. The second kappa shape index (κ2) is 7.00. The summed E-state index contributed by atoms with van der Waals surface area (Å²) in [5.41, 5.74) is -0.728. The molecule has 0 aliphatic rings. The lowest BCUT2D eigenvalue weighted by molar-refractivity contribution is 0.382. The van der Waals surface area contributed by atoms with Crippen molar-refractivity contribution >= 4 is 34.0 Å². The maximum atomic E-state index is 14.7. The van der Waals surface area contributed by atoms with Crippen molar-refractivity contribution in [2.75, 3.05) is 5.32 Å². The minimum Gasteiger partial charge on any atom is -0.333 e. The summed E-state index contributed by atoms with van der Waals surface area (Å²) >= 11 is 6.08. The fourth-order valence-electron chi connectivity index (χ4n) is 2.85. The van der Waals surface area contributed by atoms with Crippen molar-refractivity contribution in [1.29, 1.82) is 0 Å². The predicted octanol–water partition coefficient (Wildman–Crippen LogP) is 6.46. The molecule has 0 fully saturated rings. The molecule has 3 aromatic carbocycles. The number of nitrogens with one attached hydrogen (secondary N) is 2. The molecule has 3 nitrogen and oxygen atoms in total. The first-order valence-electron chi connectivity index (χ1n) is 8.01. The molecule has 0 atom stereocenters. The second-order valence-electron chi connectivity index (χ2n) is 5.98. The molecule has 0 aliphatic carbocycles. The number of fused-ring (bicyclic) bond motifs is 1. The van der Waals surface area contributed by atoms with E-state index in [1.807, 2.05) is 5.32 Å². The number of aromatic nitrogens is 2. The van der Waals surface area contributed by atoms with E-state index in [-0.39, 0.29) is 27.3 Å². The standard InChI is InChI=1S/C19H8ClF6N3/c20-10-8(7-4-2-1-3-5-7)6-9-17(11(10)21)28-29-19(9)27-18-15(25)13(23)12(22)14(24)16(18)26/h1-6H,(H2,27,28,29). The summed E-state index contributed by atoms with van der Waals surface area (Å²) in [6.07, 6.45) is 0. The number of benzene rings is 3. The van der Waals surface area contributed by atoms with Crippen molar-refractivity contribution in [3.63, 3.8) is 0 Å². The van der Waals surface area contributed by atoms with Crippen molar-refractivity contribution in [3.8, 4) is 11.1 Å². The van der Waals surface area contributed by atoms with Crippen LogP contribution in [0.3, 0.4) is 0 Å². The van der Waals surface area contributed by atoms with Crippen LogP contribution in [0.15, 0.2) is 36.4 Å². The van der Waals surface area contributed by atoms with E-state index in [1.54, 1.807) is 30.3 Å². The third-order valence-electron chi connectivity index (χ3n) is 4.28. The Hall–Kier alpha value is -3.20. The number of rotatable bonds is 3. The molecular formula is C19H8ClF6N3. The number of anilines is 2. The Morgan fingerprint density at radius 2 is 1.38 bits per heavy atom. The molecule has 0 saturated heterocycles. The first-order valence-corrected chi connectivity index (χ1v) is 8.39. The van der Waals surface area contributed by atoms with Crippen LogP contribution in [0.25, 0.3) is 22.0 Å². The molecule has 2 N–H and O–H groups in total. The fourth-order valence-corrected chi connectivity index (χ4v) is 3.11. The molecule has 148 valence electrons. The van der Waals surface area contributed by atoms with E-state index >= 15 is 0 Å². The van der Waals surface area contributed by atoms with Gasteiger partial charge in [0.05, 0.1) is 5.02 Å². The summed E-state index contributed by atoms with van der Waals surface area (Å²) in [5, 5.41) is 7.80. The van der Waals surface area contributed by atoms with Crippen LogP contribution in [-0.4, -0.2) is 10.2 Å². The van der Waals surface area contributed by atoms with Gasteiger partial charge >= 0.3 is 0 Å². The molecule has 1 aromatic heterocycles. The highest BCUT2D eigenvalue weighted by Gasteiger charge is 2.27. The van der Waals surface area contributed by atoms with Gasteiger partial charge in [-0.05, 0) is 11.6 Å². The number of nitrogens with zero attached hydrogens (tertiary/aromatic N) is 1. The summed E-state index contributed by atoms with van der Waals surface area (Å²) < 4.78 is 82.7. The zero-order valence-electron chi connectivity index (χ0n) is 14.1. The Balaban J connectivity index is 1.90. The zero-order chi connectivity index (χ0) is 20.9. The first kappa shape index (κ1) is 19.1. The maximum absolute atomic E-state index is 14.7. The Morgan fingerprint density at radius 3 is 2.00 bits per heavy atom. The van der Waals surface area contributed by atoms with Crippen LogP contribution < -0.4 is 5.32 Å². The summed E-state index contributed by atoms with van der Waals surface area (Å²) in [7, 11) is 0. The largest absolute Gasteiger partial charge is 0.333 e. The van der Waals surface area contributed by atoms with Gasteiger partial charge in [0.2, 0.25) is 5.82 Å². The van der Waals surface area contributed by atoms with Gasteiger partial charge in [-0.2, -0.15) is 5.10 Å². The van der Waals surface area contributed by atoms with E-state index in [0.717, 1.165) is 0 Å². The smallest absolute Gasteiger partial charge is 0.200 e. The average Bonchev–Trinajstić information content (AvgIpc) is 3.14. The number of halogens is 7. The lowest BCUT2D eigenvalue weighted by Crippen LogP contribution is -2.07. The molecule has 0 unspecified atom stereocenters. The van der Waals surface area contributed by atoms with E-state index in [9.17, 15) is 26.3 Å². The minimum atomic E-state index is -2.29. The van der Waals surface area contributed by atoms with Gasteiger partial charge in [0, 0.05) is 10.9 Å². The second-order valence-corrected chi connectivity index (χ2v) is 6.36. The number of hydrogen-bond donors (Lipinski definition) is 2. The van der Waals surface area contributed by atoms with Gasteiger partial charge in [-0.15, -0.1) is 0 Å². The predicted molar refractivity (Wildman–Crippen MR) is 96.0 cm³/mol. The summed E-state index contributed by atoms with van der Waals surface area (Å²) in [5.74, 6) is -11.9. The van der Waals surface area contributed by atoms with Gasteiger partial charge in [0.1, 0.15) is 11.2 Å². The summed E-state index contributed by atoms with van der Waals surface area (Å²) in [6, 6.07) is 9.82. The monoisotopic (exact) mass is 427 g/mol. The molecule has 0 aliphatic heterocycles. The van der Waals surface area contributed by atoms with Gasteiger partial charge in [-0.1, -0.05) is 41.9 Å². The van der Waals surface area contributed by atoms with Crippen LogP contribution in [0, 0.1) is 34.9 Å². The molecule has 4 rings (SSSR count). The van der Waals surface area contributed by atoms with Crippen LogP contribution in [0.1, 0.15) is 0 Å². The summed E-state index contributed by atoms with van der Waals surface area (Å²) in [6.45, 7) is 0. The normalized spacial score (nSPS) is 11.3. The van der Waals surface area contributed by atoms with E-state index < -0.39 is 40.6 Å². The molecule has 29 heavy (non-hydrogen) atoms. The van der Waals surface area contributed by atoms with Crippen LogP contribution in [0.5, 0.6) is 0 Å². The fraction of sp³-hybridized carbons (Fsp3) is 0. The first-order chi connectivity index (χ1) is 13.8. The van der Waals surface area contributed by atoms with Crippen molar-refractivity contribution < 1.29 is 26.3 Å². The van der Waals surface area contributed by atoms with Gasteiger partial charge in [-0.25, -0.2) is 26.3 Å². The molecule has 0 saturated carbocycles. The third-order valence-corrected chi connectivity index (χ3v) is 4.65. The third kappa shape index (κ3) is 2.98. The van der Waals surface area contributed by atoms with E-state index in [4.69, 9.17) is 11.6 Å². The molecule has 4 aromatic rings. The molecule has 0 radical (unpaired) electrons. The summed E-state index contributed by atoms with van der Waals surface area (Å²) in [4.78, 5) is 0. The highest BCUT2D eigenvalue weighted by atomic mass is 35.5. The highest BCUT2D eigenvalue weighted by molar-refractivity contribution is 6.34. The van der Waals surface area contributed by atoms with Crippen LogP contribution in [0.4, 0.5) is 37.8 Å². The molecule has 10 heteroatoms. The number of hydrogen-bond acceptors (Lipinski definition) is 2. The number of aromatic amines is 1. The molecule has 0 spiro atoms. The van der Waals surface area contributed by atoms with Crippen molar-refractivity contribution in [2.24, 2.45) is 0 Å². The van der Waals surface area contributed by atoms with E-state index in [0.29, 0.717) is 5.56 Å². The quantitative estimate of drug-likeness (QED) is 0.224. The van der Waals surface area contributed by atoms with Crippen molar-refractivity contribution in [2.45, 2.75) is 0 Å². The Labute approximate surface area is 163 Å². The molecule has 1 heterocycles. The van der Waals surface area contributed by atoms with Gasteiger partial charge in [0.25, 0.3) is 0 Å². The van der Waals surface area contributed by atoms with Gasteiger partial charge < -0.3 is 5.32 Å². The Kier molecular flexibility index (Phi) is 4.62. The van der Waals surface area contributed by atoms with E-state index in [2.05, 4.69) is 10.2 Å². The van der Waals surface area contributed by atoms with E-state index in [1.165, 1.54) is 6.07 Å². The van der Waals surface area contributed by atoms with Crippen molar-refractivity contribution in [1.82, 2.24) is 10.2 Å². The maximum Gasteiger partial charge on any atom is 0.200 e. The SMILES string of the molecule is Fc1c(F)c(F)c(Nc2n[nH]c3c(F)c(Cl)c(-c4ccccc4)cc23)c(F)c1F. The Bertz CT molecular complexity index is 1230. The molecule has 0 bridgehead atoms.